The molecule has 5 heteroatoms. The summed E-state index contributed by atoms with van der Waals surface area (Å²) in [5.41, 5.74) is 2.26. The number of anilines is 1. The highest BCUT2D eigenvalue weighted by molar-refractivity contribution is 9.10. The summed E-state index contributed by atoms with van der Waals surface area (Å²) in [6, 6.07) is 2.07. The van der Waals surface area contributed by atoms with Crippen LogP contribution in [0.5, 0.6) is 0 Å². The van der Waals surface area contributed by atoms with Gasteiger partial charge in [-0.1, -0.05) is 0 Å². The smallest absolute Gasteiger partial charge is 0.162 e. The van der Waals surface area contributed by atoms with Gasteiger partial charge in [-0.25, -0.2) is 9.97 Å². The lowest BCUT2D eigenvalue weighted by molar-refractivity contribution is 0.974. The molecule has 0 amide bonds. The van der Waals surface area contributed by atoms with Crippen molar-refractivity contribution in [3.8, 4) is 11.4 Å². The minimum Gasteiger partial charge on any atom is -0.369 e. The predicted octanol–water partition coefficient (Wildman–Crippen LogP) is 4.28. The molecule has 0 radical (unpaired) electrons. The summed E-state index contributed by atoms with van der Waals surface area (Å²) < 4.78 is 1.03. The average molecular weight is 324 g/mol. The lowest BCUT2D eigenvalue weighted by atomic mass is 10.2. The molecule has 1 N–H and O–H groups in total. The second-order valence-corrected chi connectivity index (χ2v) is 5.98. The second-order valence-electron chi connectivity index (χ2n) is 4.41. The molecule has 0 saturated heterocycles. The first-order chi connectivity index (χ1) is 8.79. The van der Waals surface area contributed by atoms with Gasteiger partial charge in [-0.05, 0) is 47.1 Å². The fourth-order valence-electron chi connectivity index (χ4n) is 1.90. The summed E-state index contributed by atoms with van der Waals surface area (Å²) in [4.78, 5) is 9.34. The van der Waals surface area contributed by atoms with Gasteiger partial charge in [0.25, 0.3) is 0 Å². The van der Waals surface area contributed by atoms with Gasteiger partial charge in [0.1, 0.15) is 5.82 Å². The maximum Gasteiger partial charge on any atom is 0.162 e. The van der Waals surface area contributed by atoms with Gasteiger partial charge in [0.2, 0.25) is 0 Å². The lowest BCUT2D eigenvalue weighted by Crippen LogP contribution is -2.05. The number of hydrogen-bond donors (Lipinski definition) is 1. The maximum atomic E-state index is 4.73. The molecule has 0 bridgehead atoms. The van der Waals surface area contributed by atoms with Crippen LogP contribution in [0.2, 0.25) is 0 Å². The predicted molar refractivity (Wildman–Crippen MR) is 79.2 cm³/mol. The second kappa shape index (κ2) is 4.97. The third-order valence-corrected chi connectivity index (χ3v) is 4.43. The zero-order valence-corrected chi connectivity index (χ0v) is 12.5. The molecule has 94 valence electrons. The summed E-state index contributed by atoms with van der Waals surface area (Å²) in [5, 5.41) is 7.46. The van der Waals surface area contributed by atoms with Crippen LogP contribution in [0.1, 0.15) is 31.4 Å². The Balaban J connectivity index is 2.09. The van der Waals surface area contributed by atoms with E-state index in [0.29, 0.717) is 5.92 Å². The Morgan fingerprint density at radius 3 is 2.89 bits per heavy atom. The minimum absolute atomic E-state index is 0.608. The van der Waals surface area contributed by atoms with Gasteiger partial charge in [-0.3, -0.25) is 0 Å². The molecule has 1 aliphatic carbocycles. The Labute approximate surface area is 119 Å². The molecular weight excluding hydrogens is 310 g/mol. The van der Waals surface area contributed by atoms with Crippen LogP contribution in [0.4, 0.5) is 5.82 Å². The Bertz CT molecular complexity index is 550. The van der Waals surface area contributed by atoms with Crippen molar-refractivity contribution in [1.82, 2.24) is 9.97 Å². The van der Waals surface area contributed by atoms with E-state index < -0.39 is 0 Å². The number of hydrogen-bond acceptors (Lipinski definition) is 4. The van der Waals surface area contributed by atoms with Gasteiger partial charge in [0, 0.05) is 23.4 Å². The molecule has 0 aliphatic heterocycles. The molecule has 2 aromatic heterocycles. The van der Waals surface area contributed by atoms with Gasteiger partial charge in [-0.2, -0.15) is 11.3 Å². The molecule has 0 aromatic carbocycles. The van der Waals surface area contributed by atoms with Crippen LogP contribution in [0.25, 0.3) is 11.4 Å². The van der Waals surface area contributed by atoms with Crippen LogP contribution in [-0.2, 0) is 0 Å². The summed E-state index contributed by atoms with van der Waals surface area (Å²) >= 11 is 5.31. The third-order valence-electron chi connectivity index (χ3n) is 2.96. The van der Waals surface area contributed by atoms with Crippen molar-refractivity contribution in [3.63, 3.8) is 0 Å². The van der Waals surface area contributed by atoms with Crippen molar-refractivity contribution in [2.24, 2.45) is 0 Å². The van der Waals surface area contributed by atoms with Gasteiger partial charge >= 0.3 is 0 Å². The van der Waals surface area contributed by atoms with E-state index in [2.05, 4.69) is 50.0 Å². The molecule has 0 atom stereocenters. The maximum absolute atomic E-state index is 4.73. The first kappa shape index (κ1) is 12.1. The van der Waals surface area contributed by atoms with E-state index in [4.69, 9.17) is 4.98 Å². The number of thiophene rings is 1. The molecule has 0 spiro atoms. The Hall–Kier alpha value is -0.940. The van der Waals surface area contributed by atoms with Crippen LogP contribution >= 0.6 is 27.3 Å². The highest BCUT2D eigenvalue weighted by Gasteiger charge is 2.29. The van der Waals surface area contributed by atoms with Crippen molar-refractivity contribution in [2.75, 3.05) is 11.9 Å². The standard InChI is InChI=1S/C13H14BrN3S/c1-2-15-13-10(14)11(8-3-4-8)16-12(17-13)9-5-6-18-7-9/h5-8H,2-4H2,1H3,(H,15,16,17). The normalized spacial score (nSPS) is 14.8. The zero-order chi connectivity index (χ0) is 12.5. The zero-order valence-electron chi connectivity index (χ0n) is 10.1. The van der Waals surface area contributed by atoms with E-state index in [9.17, 15) is 0 Å². The quantitative estimate of drug-likeness (QED) is 0.912. The van der Waals surface area contributed by atoms with Crippen molar-refractivity contribution < 1.29 is 0 Å². The number of nitrogens with zero attached hydrogens (tertiary/aromatic N) is 2. The lowest BCUT2D eigenvalue weighted by Gasteiger charge is -2.11. The monoisotopic (exact) mass is 323 g/mol. The highest BCUT2D eigenvalue weighted by Crippen LogP contribution is 2.44. The SMILES string of the molecule is CCNc1nc(-c2ccsc2)nc(C2CC2)c1Br. The average Bonchev–Trinajstić information content (AvgIpc) is 3.06. The van der Waals surface area contributed by atoms with E-state index in [0.717, 1.165) is 33.9 Å². The molecular formula is C13H14BrN3S. The summed E-state index contributed by atoms with van der Waals surface area (Å²) in [6.45, 7) is 2.94. The van der Waals surface area contributed by atoms with Crippen LogP contribution in [0.3, 0.4) is 0 Å². The van der Waals surface area contributed by atoms with E-state index in [-0.39, 0.29) is 0 Å². The highest BCUT2D eigenvalue weighted by atomic mass is 79.9. The molecule has 1 saturated carbocycles. The number of halogens is 1. The van der Waals surface area contributed by atoms with Crippen molar-refractivity contribution >= 4 is 33.1 Å². The molecule has 18 heavy (non-hydrogen) atoms. The Morgan fingerprint density at radius 1 is 1.44 bits per heavy atom. The number of rotatable bonds is 4. The molecule has 0 unspecified atom stereocenters. The molecule has 1 aliphatic rings. The van der Waals surface area contributed by atoms with Gasteiger partial charge in [-0.15, -0.1) is 0 Å². The molecule has 3 rings (SSSR count). The van der Waals surface area contributed by atoms with Crippen LogP contribution in [0, 0.1) is 0 Å². The topological polar surface area (TPSA) is 37.8 Å². The van der Waals surface area contributed by atoms with E-state index >= 15 is 0 Å². The van der Waals surface area contributed by atoms with E-state index in [1.54, 1.807) is 11.3 Å². The Kier molecular flexibility index (Phi) is 3.35. The fraction of sp³-hybridized carbons (Fsp3) is 0.385. The molecule has 1 fully saturated rings. The summed E-state index contributed by atoms with van der Waals surface area (Å²) in [6.07, 6.45) is 2.48. The van der Waals surface area contributed by atoms with Gasteiger partial charge in [0.05, 0.1) is 10.2 Å². The van der Waals surface area contributed by atoms with Gasteiger partial charge < -0.3 is 5.32 Å². The first-order valence-corrected chi connectivity index (χ1v) is 7.87. The van der Waals surface area contributed by atoms with Crippen molar-refractivity contribution in [1.29, 1.82) is 0 Å². The molecule has 2 aromatic rings. The largest absolute Gasteiger partial charge is 0.369 e. The first-order valence-electron chi connectivity index (χ1n) is 6.13. The molecule has 3 nitrogen and oxygen atoms in total. The van der Waals surface area contributed by atoms with Crippen molar-refractivity contribution in [3.05, 3.63) is 27.0 Å². The molecule has 2 heterocycles. The minimum atomic E-state index is 0.608. The van der Waals surface area contributed by atoms with Crippen molar-refractivity contribution in [2.45, 2.75) is 25.7 Å². The third kappa shape index (κ3) is 2.29. The van der Waals surface area contributed by atoms with Crippen LogP contribution < -0.4 is 5.32 Å². The van der Waals surface area contributed by atoms with Gasteiger partial charge in [0.15, 0.2) is 5.82 Å². The Morgan fingerprint density at radius 2 is 2.28 bits per heavy atom. The fourth-order valence-corrected chi connectivity index (χ4v) is 3.17. The summed E-state index contributed by atoms with van der Waals surface area (Å²) in [5.74, 6) is 2.35. The number of aromatic nitrogens is 2. The number of nitrogens with one attached hydrogen (secondary N) is 1. The van der Waals surface area contributed by atoms with Crippen LogP contribution in [0.15, 0.2) is 21.3 Å². The van der Waals surface area contributed by atoms with Crippen LogP contribution in [-0.4, -0.2) is 16.5 Å². The summed E-state index contributed by atoms with van der Waals surface area (Å²) in [7, 11) is 0. The van der Waals surface area contributed by atoms with E-state index in [1.165, 1.54) is 12.8 Å². The van der Waals surface area contributed by atoms with E-state index in [1.807, 2.05) is 0 Å².